The minimum absolute atomic E-state index is 0.255. The highest BCUT2D eigenvalue weighted by molar-refractivity contribution is 5.88. The Labute approximate surface area is 113 Å². The predicted molar refractivity (Wildman–Crippen MR) is 74.3 cm³/mol. The number of ketones is 1. The first kappa shape index (κ1) is 15.1. The molecule has 6 heteroatoms. The Kier molecular flexibility index (Phi) is 5.92. The molecular formula is C13H20N4O2. The van der Waals surface area contributed by atoms with E-state index in [-0.39, 0.29) is 11.6 Å². The fourth-order valence-corrected chi connectivity index (χ4v) is 1.69. The van der Waals surface area contributed by atoms with Crippen LogP contribution in [0.25, 0.3) is 0 Å². The molecule has 1 fully saturated rings. The van der Waals surface area contributed by atoms with Crippen LogP contribution in [0.15, 0.2) is 6.33 Å². The van der Waals surface area contributed by atoms with Gasteiger partial charge in [0.25, 0.3) is 0 Å². The van der Waals surface area contributed by atoms with Crippen molar-refractivity contribution in [3.8, 4) is 0 Å². The molecule has 1 aromatic rings. The molecule has 1 aliphatic heterocycles. The molecule has 19 heavy (non-hydrogen) atoms. The molecule has 6 nitrogen and oxygen atoms in total. The van der Waals surface area contributed by atoms with Crippen LogP contribution in [0.3, 0.4) is 0 Å². The Morgan fingerprint density at radius 3 is 2.47 bits per heavy atom. The number of rotatable bonds is 3. The predicted octanol–water partition coefficient (Wildman–Crippen LogP) is 1.46. The summed E-state index contributed by atoms with van der Waals surface area (Å²) in [6.45, 7) is 5.32. The van der Waals surface area contributed by atoms with Crippen molar-refractivity contribution in [1.29, 1.82) is 0 Å². The lowest BCUT2D eigenvalue weighted by molar-refractivity contribution is -0.116. The number of aldehydes is 1. The molecule has 0 atom stereocenters. The summed E-state index contributed by atoms with van der Waals surface area (Å²) in [5.74, 6) is 1.19. The highest BCUT2D eigenvalue weighted by Crippen LogP contribution is 2.22. The molecular weight excluding hydrogens is 244 g/mol. The molecule has 0 aliphatic carbocycles. The third-order valence-corrected chi connectivity index (χ3v) is 2.92. The van der Waals surface area contributed by atoms with Crippen LogP contribution in [-0.4, -0.2) is 35.1 Å². The Morgan fingerprint density at radius 1 is 1.42 bits per heavy atom. The van der Waals surface area contributed by atoms with Crippen LogP contribution >= 0.6 is 0 Å². The standard InChI is InChI=1S/C9H12N4O.C4H8O/c10-8-7(5-14)9(12-6-11-8)13-3-1-2-4-13;1-3-4(2)5/h5-6H,1-4H2,(H2,10,11,12);3H2,1-2H3. The highest BCUT2D eigenvalue weighted by atomic mass is 16.1. The largest absolute Gasteiger partial charge is 0.383 e. The number of Topliss-reactive ketones (excluding diaryl/α,β-unsaturated/α-hetero) is 1. The van der Waals surface area contributed by atoms with Crippen LogP contribution in [0.5, 0.6) is 0 Å². The molecule has 1 saturated heterocycles. The van der Waals surface area contributed by atoms with Crippen LogP contribution in [0.2, 0.25) is 0 Å². The van der Waals surface area contributed by atoms with Gasteiger partial charge in [-0.3, -0.25) is 4.79 Å². The second kappa shape index (κ2) is 7.45. The Hall–Kier alpha value is -1.98. The minimum atomic E-state index is 0.255. The van der Waals surface area contributed by atoms with Gasteiger partial charge in [-0.05, 0) is 19.8 Å². The lowest BCUT2D eigenvalue weighted by Gasteiger charge is -2.17. The van der Waals surface area contributed by atoms with E-state index >= 15 is 0 Å². The van der Waals surface area contributed by atoms with Gasteiger partial charge < -0.3 is 15.4 Å². The van der Waals surface area contributed by atoms with Crippen LogP contribution in [0.4, 0.5) is 11.6 Å². The number of anilines is 2. The fourth-order valence-electron chi connectivity index (χ4n) is 1.69. The molecule has 0 unspecified atom stereocenters. The van der Waals surface area contributed by atoms with Crippen molar-refractivity contribution >= 4 is 23.7 Å². The van der Waals surface area contributed by atoms with Gasteiger partial charge in [-0.15, -0.1) is 0 Å². The van der Waals surface area contributed by atoms with Crippen molar-refractivity contribution in [2.45, 2.75) is 33.1 Å². The number of aromatic nitrogens is 2. The van der Waals surface area contributed by atoms with Gasteiger partial charge in [0.05, 0.1) is 5.56 Å². The van der Waals surface area contributed by atoms with Crippen molar-refractivity contribution in [3.63, 3.8) is 0 Å². The van der Waals surface area contributed by atoms with Gasteiger partial charge >= 0.3 is 0 Å². The van der Waals surface area contributed by atoms with E-state index in [9.17, 15) is 9.59 Å². The Balaban J connectivity index is 0.000000312. The van der Waals surface area contributed by atoms with Gasteiger partial charge in [-0.25, -0.2) is 9.97 Å². The number of nitrogens with two attached hydrogens (primary N) is 1. The van der Waals surface area contributed by atoms with E-state index < -0.39 is 0 Å². The summed E-state index contributed by atoms with van der Waals surface area (Å²) in [5, 5.41) is 0. The van der Waals surface area contributed by atoms with Gasteiger partial charge in [-0.1, -0.05) is 6.92 Å². The Bertz CT molecular complexity index is 442. The molecule has 0 radical (unpaired) electrons. The number of carbonyl (C=O) groups is 2. The van der Waals surface area contributed by atoms with Crippen LogP contribution in [0.1, 0.15) is 43.5 Å². The maximum absolute atomic E-state index is 10.8. The third-order valence-electron chi connectivity index (χ3n) is 2.92. The van der Waals surface area contributed by atoms with Crippen molar-refractivity contribution in [1.82, 2.24) is 9.97 Å². The van der Waals surface area contributed by atoms with Crippen LogP contribution in [-0.2, 0) is 4.79 Å². The highest BCUT2D eigenvalue weighted by Gasteiger charge is 2.18. The summed E-state index contributed by atoms with van der Waals surface area (Å²) >= 11 is 0. The van der Waals surface area contributed by atoms with E-state index in [0.717, 1.165) is 32.2 Å². The van der Waals surface area contributed by atoms with Crippen molar-refractivity contribution < 1.29 is 9.59 Å². The molecule has 104 valence electrons. The molecule has 0 aromatic carbocycles. The zero-order chi connectivity index (χ0) is 14.3. The summed E-state index contributed by atoms with van der Waals surface area (Å²) in [4.78, 5) is 30.6. The quantitative estimate of drug-likeness (QED) is 0.831. The second-order valence-electron chi connectivity index (χ2n) is 4.36. The summed E-state index contributed by atoms with van der Waals surface area (Å²) in [6, 6.07) is 0. The fraction of sp³-hybridized carbons (Fsp3) is 0.538. The third kappa shape index (κ3) is 4.31. The second-order valence-corrected chi connectivity index (χ2v) is 4.36. The van der Waals surface area contributed by atoms with Crippen LogP contribution < -0.4 is 10.6 Å². The van der Waals surface area contributed by atoms with Gasteiger partial charge in [0.1, 0.15) is 23.7 Å². The molecule has 0 spiro atoms. The SMILES string of the molecule is CCC(C)=O.Nc1ncnc(N2CCCC2)c1C=O. The minimum Gasteiger partial charge on any atom is -0.383 e. The molecule has 0 saturated carbocycles. The van der Waals surface area contributed by atoms with E-state index in [1.807, 2.05) is 6.92 Å². The molecule has 0 amide bonds. The maximum Gasteiger partial charge on any atom is 0.157 e. The van der Waals surface area contributed by atoms with E-state index in [2.05, 4.69) is 14.9 Å². The van der Waals surface area contributed by atoms with E-state index in [0.29, 0.717) is 17.8 Å². The summed E-state index contributed by atoms with van der Waals surface area (Å²) in [5.41, 5.74) is 6.00. The zero-order valence-corrected chi connectivity index (χ0v) is 11.4. The molecule has 1 aliphatic rings. The zero-order valence-electron chi connectivity index (χ0n) is 11.4. The van der Waals surface area contributed by atoms with Gasteiger partial charge in [0, 0.05) is 19.5 Å². The number of hydrogen-bond acceptors (Lipinski definition) is 6. The topological polar surface area (TPSA) is 89.2 Å². The van der Waals surface area contributed by atoms with Gasteiger partial charge in [0.2, 0.25) is 0 Å². The van der Waals surface area contributed by atoms with Gasteiger partial charge in [-0.2, -0.15) is 0 Å². The smallest absolute Gasteiger partial charge is 0.157 e. The molecule has 1 aromatic heterocycles. The van der Waals surface area contributed by atoms with Crippen molar-refractivity contribution in [2.24, 2.45) is 0 Å². The first-order chi connectivity index (χ1) is 9.10. The van der Waals surface area contributed by atoms with Gasteiger partial charge in [0.15, 0.2) is 6.29 Å². The van der Waals surface area contributed by atoms with Crippen molar-refractivity contribution in [2.75, 3.05) is 23.7 Å². The number of nitrogen functional groups attached to an aromatic ring is 1. The maximum atomic E-state index is 10.8. The number of nitrogens with zero attached hydrogens (tertiary/aromatic N) is 3. The summed E-state index contributed by atoms with van der Waals surface area (Å²) in [6.07, 6.45) is 5.07. The van der Waals surface area contributed by atoms with E-state index in [1.54, 1.807) is 6.92 Å². The molecule has 2 rings (SSSR count). The molecule has 2 heterocycles. The normalized spacial score (nSPS) is 13.7. The molecule has 0 bridgehead atoms. The van der Waals surface area contributed by atoms with Crippen molar-refractivity contribution in [3.05, 3.63) is 11.9 Å². The average molecular weight is 264 g/mol. The molecule has 2 N–H and O–H groups in total. The number of carbonyl (C=O) groups excluding carboxylic acids is 2. The summed E-state index contributed by atoms with van der Waals surface area (Å²) < 4.78 is 0. The first-order valence-electron chi connectivity index (χ1n) is 6.40. The lowest BCUT2D eigenvalue weighted by Crippen LogP contribution is -2.21. The Morgan fingerprint density at radius 2 is 2.00 bits per heavy atom. The van der Waals surface area contributed by atoms with E-state index in [4.69, 9.17) is 5.73 Å². The van der Waals surface area contributed by atoms with E-state index in [1.165, 1.54) is 6.33 Å². The monoisotopic (exact) mass is 264 g/mol. The van der Waals surface area contributed by atoms with Crippen LogP contribution in [0, 0.1) is 0 Å². The first-order valence-corrected chi connectivity index (χ1v) is 6.40. The average Bonchev–Trinajstić information content (AvgIpc) is 2.93. The lowest BCUT2D eigenvalue weighted by atomic mass is 10.3. The summed E-state index contributed by atoms with van der Waals surface area (Å²) in [7, 11) is 0. The number of hydrogen-bond donors (Lipinski definition) is 1.